The molecule has 0 fully saturated rings. The number of nitrogens with one attached hydrogen (secondary N) is 2. The molecule has 116 valence electrons. The van der Waals surface area contributed by atoms with Crippen LogP contribution in [0.4, 0.5) is 10.1 Å². The normalized spacial score (nSPS) is 10.5. The standard InChI is InChI=1S/C17H20FN3O/c1-12(2)9-19-14-7-8-16(20-11-14)17(22)21-10-13-5-3-4-6-15(13)18/h3-8,11-12,19H,9-10H2,1-2H3,(H,21,22). The van der Waals surface area contributed by atoms with E-state index in [0.717, 1.165) is 12.2 Å². The van der Waals surface area contributed by atoms with Crippen LogP contribution < -0.4 is 10.6 Å². The Hall–Kier alpha value is -2.43. The summed E-state index contributed by atoms with van der Waals surface area (Å²) >= 11 is 0. The van der Waals surface area contributed by atoms with Gasteiger partial charge in [0.2, 0.25) is 0 Å². The van der Waals surface area contributed by atoms with E-state index in [2.05, 4.69) is 29.5 Å². The smallest absolute Gasteiger partial charge is 0.270 e. The first kappa shape index (κ1) is 15.9. The summed E-state index contributed by atoms with van der Waals surface area (Å²) in [5.74, 6) is -0.119. The Bertz CT molecular complexity index is 626. The minimum absolute atomic E-state index is 0.139. The molecule has 0 aliphatic heterocycles. The van der Waals surface area contributed by atoms with Crippen molar-refractivity contribution in [3.8, 4) is 0 Å². The molecule has 1 aromatic carbocycles. The highest BCUT2D eigenvalue weighted by molar-refractivity contribution is 5.92. The van der Waals surface area contributed by atoms with E-state index in [-0.39, 0.29) is 18.3 Å². The number of hydrogen-bond donors (Lipinski definition) is 2. The second-order valence-electron chi connectivity index (χ2n) is 5.48. The number of aromatic nitrogens is 1. The van der Waals surface area contributed by atoms with Crippen molar-refractivity contribution >= 4 is 11.6 Å². The fourth-order valence-electron chi connectivity index (χ4n) is 1.86. The van der Waals surface area contributed by atoms with Crippen molar-refractivity contribution in [3.05, 3.63) is 59.7 Å². The fraction of sp³-hybridized carbons (Fsp3) is 0.294. The second kappa shape index (κ2) is 7.54. The van der Waals surface area contributed by atoms with Crippen molar-refractivity contribution < 1.29 is 9.18 Å². The Morgan fingerprint density at radius 2 is 2.00 bits per heavy atom. The van der Waals surface area contributed by atoms with Crippen molar-refractivity contribution in [2.45, 2.75) is 20.4 Å². The zero-order valence-electron chi connectivity index (χ0n) is 12.8. The van der Waals surface area contributed by atoms with Gasteiger partial charge in [0.05, 0.1) is 11.9 Å². The van der Waals surface area contributed by atoms with Crippen LogP contribution >= 0.6 is 0 Å². The average Bonchev–Trinajstić information content (AvgIpc) is 2.52. The maximum atomic E-state index is 13.5. The first-order valence-electron chi connectivity index (χ1n) is 7.28. The monoisotopic (exact) mass is 301 g/mol. The summed E-state index contributed by atoms with van der Waals surface area (Å²) < 4.78 is 13.5. The van der Waals surface area contributed by atoms with Crippen LogP contribution in [0.5, 0.6) is 0 Å². The lowest BCUT2D eigenvalue weighted by Gasteiger charge is -2.09. The molecule has 0 aliphatic rings. The number of carbonyl (C=O) groups excluding carboxylic acids is 1. The highest BCUT2D eigenvalue weighted by Gasteiger charge is 2.08. The van der Waals surface area contributed by atoms with Gasteiger partial charge in [-0.2, -0.15) is 0 Å². The van der Waals surface area contributed by atoms with E-state index in [0.29, 0.717) is 17.2 Å². The van der Waals surface area contributed by atoms with Gasteiger partial charge in [-0.15, -0.1) is 0 Å². The molecule has 0 unspecified atom stereocenters. The Labute approximate surface area is 129 Å². The van der Waals surface area contributed by atoms with Gasteiger partial charge in [-0.3, -0.25) is 4.79 Å². The number of nitrogens with zero attached hydrogens (tertiary/aromatic N) is 1. The summed E-state index contributed by atoms with van der Waals surface area (Å²) in [6.45, 7) is 5.22. The molecule has 0 aliphatic carbocycles. The minimum atomic E-state index is -0.330. The summed E-state index contributed by atoms with van der Waals surface area (Å²) in [7, 11) is 0. The third-order valence-electron chi connectivity index (χ3n) is 3.11. The summed E-state index contributed by atoms with van der Waals surface area (Å²) in [6, 6.07) is 9.83. The number of carbonyl (C=O) groups is 1. The molecule has 2 aromatic rings. The first-order valence-corrected chi connectivity index (χ1v) is 7.28. The molecule has 1 amide bonds. The van der Waals surface area contributed by atoms with Crippen molar-refractivity contribution in [1.29, 1.82) is 0 Å². The van der Waals surface area contributed by atoms with Crippen molar-refractivity contribution in [1.82, 2.24) is 10.3 Å². The van der Waals surface area contributed by atoms with Crippen molar-refractivity contribution in [2.24, 2.45) is 5.92 Å². The lowest BCUT2D eigenvalue weighted by Crippen LogP contribution is -2.24. The molecule has 0 bridgehead atoms. The topological polar surface area (TPSA) is 54.0 Å². The van der Waals surface area contributed by atoms with Crippen molar-refractivity contribution in [3.63, 3.8) is 0 Å². The number of anilines is 1. The quantitative estimate of drug-likeness (QED) is 0.861. The number of rotatable bonds is 6. The van der Waals surface area contributed by atoms with Gasteiger partial charge in [0.1, 0.15) is 11.5 Å². The molecule has 0 atom stereocenters. The first-order chi connectivity index (χ1) is 10.6. The zero-order valence-corrected chi connectivity index (χ0v) is 12.8. The molecule has 0 spiro atoms. The van der Waals surface area contributed by atoms with Crippen LogP contribution in [0.3, 0.4) is 0 Å². The molecule has 2 rings (SSSR count). The van der Waals surface area contributed by atoms with Gasteiger partial charge in [-0.05, 0) is 24.1 Å². The number of hydrogen-bond acceptors (Lipinski definition) is 3. The van der Waals surface area contributed by atoms with E-state index in [9.17, 15) is 9.18 Å². The van der Waals surface area contributed by atoms with E-state index in [4.69, 9.17) is 0 Å². The highest BCUT2D eigenvalue weighted by atomic mass is 19.1. The van der Waals surface area contributed by atoms with Crippen LogP contribution in [0.2, 0.25) is 0 Å². The maximum Gasteiger partial charge on any atom is 0.270 e. The molecule has 0 saturated heterocycles. The lowest BCUT2D eigenvalue weighted by atomic mass is 10.2. The molecular formula is C17H20FN3O. The predicted octanol–water partition coefficient (Wildman–Crippen LogP) is 3.22. The summed E-state index contributed by atoms with van der Waals surface area (Å²) in [4.78, 5) is 16.1. The predicted molar refractivity (Wildman–Crippen MR) is 85.1 cm³/mol. The van der Waals surface area contributed by atoms with Crippen LogP contribution in [0.15, 0.2) is 42.6 Å². The van der Waals surface area contributed by atoms with Gasteiger partial charge in [-0.25, -0.2) is 9.37 Å². The van der Waals surface area contributed by atoms with E-state index >= 15 is 0 Å². The molecule has 2 N–H and O–H groups in total. The van der Waals surface area contributed by atoms with E-state index in [1.807, 2.05) is 6.07 Å². The van der Waals surface area contributed by atoms with Gasteiger partial charge in [-0.1, -0.05) is 32.0 Å². The summed E-state index contributed by atoms with van der Waals surface area (Å²) in [5.41, 5.74) is 1.64. The van der Waals surface area contributed by atoms with E-state index < -0.39 is 0 Å². The third-order valence-corrected chi connectivity index (χ3v) is 3.11. The van der Waals surface area contributed by atoms with Crippen LogP contribution in [-0.2, 0) is 6.54 Å². The molecular weight excluding hydrogens is 281 g/mol. The molecule has 0 saturated carbocycles. The average molecular weight is 301 g/mol. The van der Waals surface area contributed by atoms with Crippen LogP contribution in [-0.4, -0.2) is 17.4 Å². The molecule has 5 heteroatoms. The number of halogens is 1. The SMILES string of the molecule is CC(C)CNc1ccc(C(=O)NCc2ccccc2F)nc1. The van der Waals surface area contributed by atoms with Gasteiger partial charge >= 0.3 is 0 Å². The van der Waals surface area contributed by atoms with Crippen LogP contribution in [0.1, 0.15) is 29.9 Å². The summed E-state index contributed by atoms with van der Waals surface area (Å²) in [5, 5.41) is 5.90. The Morgan fingerprint density at radius 3 is 2.64 bits per heavy atom. The van der Waals surface area contributed by atoms with E-state index in [1.165, 1.54) is 6.07 Å². The van der Waals surface area contributed by atoms with Gasteiger partial charge in [0.15, 0.2) is 0 Å². The third kappa shape index (κ3) is 4.55. The zero-order chi connectivity index (χ0) is 15.9. The van der Waals surface area contributed by atoms with Crippen LogP contribution in [0.25, 0.3) is 0 Å². The molecule has 1 heterocycles. The second-order valence-corrected chi connectivity index (χ2v) is 5.48. The summed E-state index contributed by atoms with van der Waals surface area (Å²) in [6.07, 6.45) is 1.63. The van der Waals surface area contributed by atoms with Crippen molar-refractivity contribution in [2.75, 3.05) is 11.9 Å². The Balaban J connectivity index is 1.91. The van der Waals surface area contributed by atoms with Gasteiger partial charge < -0.3 is 10.6 Å². The maximum absolute atomic E-state index is 13.5. The number of pyridine rings is 1. The number of benzene rings is 1. The minimum Gasteiger partial charge on any atom is -0.384 e. The largest absolute Gasteiger partial charge is 0.384 e. The Morgan fingerprint density at radius 1 is 1.23 bits per heavy atom. The molecule has 1 aromatic heterocycles. The van der Waals surface area contributed by atoms with Gasteiger partial charge in [0, 0.05) is 18.7 Å². The number of amides is 1. The molecule has 4 nitrogen and oxygen atoms in total. The molecule has 0 radical (unpaired) electrons. The van der Waals surface area contributed by atoms with Crippen LogP contribution in [0, 0.1) is 11.7 Å². The Kier molecular flexibility index (Phi) is 5.47. The molecule has 22 heavy (non-hydrogen) atoms. The van der Waals surface area contributed by atoms with Gasteiger partial charge in [0.25, 0.3) is 5.91 Å². The fourth-order valence-corrected chi connectivity index (χ4v) is 1.86. The van der Waals surface area contributed by atoms with E-state index in [1.54, 1.807) is 30.5 Å². The highest BCUT2D eigenvalue weighted by Crippen LogP contribution is 2.09. The lowest BCUT2D eigenvalue weighted by molar-refractivity contribution is 0.0945.